The summed E-state index contributed by atoms with van der Waals surface area (Å²) in [7, 11) is 0. The summed E-state index contributed by atoms with van der Waals surface area (Å²) >= 11 is 1.51. The van der Waals surface area contributed by atoms with Crippen LogP contribution in [-0.4, -0.2) is 33.3 Å². The number of ketones is 1. The van der Waals surface area contributed by atoms with E-state index in [-0.39, 0.29) is 17.9 Å². The predicted molar refractivity (Wildman–Crippen MR) is 123 cm³/mol. The monoisotopic (exact) mass is 448 g/mol. The lowest BCUT2D eigenvalue weighted by atomic mass is 9.96. The largest absolute Gasteiger partial charge is 0.507 e. The van der Waals surface area contributed by atoms with Gasteiger partial charge in [-0.15, -0.1) is 11.3 Å². The van der Waals surface area contributed by atoms with Crippen LogP contribution >= 0.6 is 11.3 Å². The molecule has 3 aromatic rings. The number of Topliss-reactive ketones (excluding diaryl/α,β-unsaturated/α-hetero) is 1. The van der Waals surface area contributed by atoms with Crippen LogP contribution in [0.4, 0.5) is 0 Å². The number of aliphatic hydroxyl groups excluding tert-OH is 1. The molecule has 6 nitrogen and oxygen atoms in total. The number of aliphatic hydroxyl groups is 1. The van der Waals surface area contributed by atoms with E-state index in [2.05, 4.69) is 4.98 Å². The van der Waals surface area contributed by atoms with Crippen molar-refractivity contribution in [1.29, 1.82) is 0 Å². The van der Waals surface area contributed by atoms with Gasteiger partial charge in [0.15, 0.2) is 0 Å². The van der Waals surface area contributed by atoms with Gasteiger partial charge in [-0.25, -0.2) is 0 Å². The summed E-state index contributed by atoms with van der Waals surface area (Å²) < 4.78 is 5.77. The van der Waals surface area contributed by atoms with Crippen molar-refractivity contribution in [3.05, 3.63) is 87.9 Å². The minimum atomic E-state index is -0.731. The minimum Gasteiger partial charge on any atom is -0.507 e. The number of amides is 1. The number of ether oxygens (including phenoxy) is 1. The molecule has 4 rings (SSSR count). The van der Waals surface area contributed by atoms with E-state index in [1.54, 1.807) is 48.8 Å². The van der Waals surface area contributed by atoms with Crippen molar-refractivity contribution in [3.63, 3.8) is 0 Å². The van der Waals surface area contributed by atoms with Crippen LogP contribution in [0, 0.1) is 5.92 Å². The highest BCUT2D eigenvalue weighted by molar-refractivity contribution is 7.09. The van der Waals surface area contributed by atoms with E-state index in [1.807, 2.05) is 31.4 Å². The summed E-state index contributed by atoms with van der Waals surface area (Å²) in [5.41, 5.74) is 1.15. The van der Waals surface area contributed by atoms with Gasteiger partial charge in [-0.3, -0.25) is 14.6 Å². The fourth-order valence-corrected chi connectivity index (χ4v) is 4.35. The fourth-order valence-electron chi connectivity index (χ4n) is 3.65. The molecule has 0 radical (unpaired) electrons. The zero-order valence-electron chi connectivity index (χ0n) is 17.9. The van der Waals surface area contributed by atoms with Gasteiger partial charge in [-0.1, -0.05) is 38.1 Å². The Morgan fingerprint density at radius 1 is 1.19 bits per heavy atom. The van der Waals surface area contributed by atoms with Gasteiger partial charge in [-0.2, -0.15) is 0 Å². The average molecular weight is 449 g/mol. The predicted octanol–water partition coefficient (Wildman–Crippen LogP) is 4.80. The first-order chi connectivity index (χ1) is 15.5. The standard InChI is InChI=1S/C25H24N2O4S/c1-16(2)15-31-19-8-3-6-17(12-19)23(28)21-22(18-7-4-10-26-13-18)27(25(30)24(21)29)14-20-9-5-11-32-20/h3-13,16,22,28H,14-15H2,1-2H3/b23-21-. The molecule has 1 aliphatic rings. The lowest BCUT2D eigenvalue weighted by molar-refractivity contribution is -0.140. The van der Waals surface area contributed by atoms with Gasteiger partial charge in [-0.05, 0) is 41.1 Å². The lowest BCUT2D eigenvalue weighted by Gasteiger charge is -2.24. The van der Waals surface area contributed by atoms with Gasteiger partial charge in [0.05, 0.1) is 24.8 Å². The molecule has 1 atom stereocenters. The summed E-state index contributed by atoms with van der Waals surface area (Å²) in [6, 6.07) is 13.6. The van der Waals surface area contributed by atoms with Crippen molar-refractivity contribution in [2.75, 3.05) is 6.61 Å². The first kappa shape index (κ1) is 21.8. The van der Waals surface area contributed by atoms with Crippen LogP contribution in [0.15, 0.2) is 71.9 Å². The molecule has 0 saturated carbocycles. The van der Waals surface area contributed by atoms with Crippen LogP contribution in [0.2, 0.25) is 0 Å². The zero-order chi connectivity index (χ0) is 22.7. The van der Waals surface area contributed by atoms with Gasteiger partial charge >= 0.3 is 0 Å². The second-order valence-electron chi connectivity index (χ2n) is 8.03. The van der Waals surface area contributed by atoms with E-state index < -0.39 is 17.7 Å². The highest BCUT2D eigenvalue weighted by Gasteiger charge is 2.46. The van der Waals surface area contributed by atoms with Crippen molar-refractivity contribution >= 4 is 28.8 Å². The fraction of sp³-hybridized carbons (Fsp3) is 0.240. The lowest BCUT2D eigenvalue weighted by Crippen LogP contribution is -2.28. The Kier molecular flexibility index (Phi) is 6.37. The number of benzene rings is 1. The van der Waals surface area contributed by atoms with Crippen molar-refractivity contribution in [1.82, 2.24) is 9.88 Å². The van der Waals surface area contributed by atoms with Crippen LogP contribution in [0.1, 0.15) is 35.9 Å². The highest BCUT2D eigenvalue weighted by atomic mass is 32.1. The van der Waals surface area contributed by atoms with E-state index >= 15 is 0 Å². The molecule has 0 spiro atoms. The molecule has 7 heteroatoms. The normalized spacial score (nSPS) is 17.8. The SMILES string of the molecule is CC(C)COc1cccc(/C(O)=C2/C(=O)C(=O)N(Cc3cccs3)C2c2cccnc2)c1. The van der Waals surface area contributed by atoms with Gasteiger partial charge in [0.2, 0.25) is 0 Å². The Balaban J connectivity index is 1.78. The maximum Gasteiger partial charge on any atom is 0.295 e. The number of nitrogens with zero attached hydrogens (tertiary/aromatic N) is 2. The summed E-state index contributed by atoms with van der Waals surface area (Å²) in [5.74, 6) is -0.628. The molecule has 32 heavy (non-hydrogen) atoms. The first-order valence-electron chi connectivity index (χ1n) is 10.4. The van der Waals surface area contributed by atoms with Crippen molar-refractivity contribution in [2.24, 2.45) is 5.92 Å². The molecular formula is C25H24N2O4S. The van der Waals surface area contributed by atoms with Crippen LogP contribution in [0.25, 0.3) is 5.76 Å². The third-order valence-corrected chi connectivity index (χ3v) is 6.00. The maximum atomic E-state index is 13.1. The first-order valence-corrected chi connectivity index (χ1v) is 11.3. The Morgan fingerprint density at radius 3 is 2.72 bits per heavy atom. The van der Waals surface area contributed by atoms with E-state index in [0.29, 0.717) is 29.4 Å². The van der Waals surface area contributed by atoms with Gasteiger partial charge in [0.25, 0.3) is 11.7 Å². The van der Waals surface area contributed by atoms with Crippen LogP contribution in [0.5, 0.6) is 5.75 Å². The Labute approximate surface area is 190 Å². The van der Waals surface area contributed by atoms with Gasteiger partial charge in [0.1, 0.15) is 11.5 Å². The Hall–Kier alpha value is -3.45. The van der Waals surface area contributed by atoms with Crippen molar-refractivity contribution in [3.8, 4) is 5.75 Å². The molecule has 164 valence electrons. The Morgan fingerprint density at radius 2 is 2.03 bits per heavy atom. The van der Waals surface area contributed by atoms with E-state index in [4.69, 9.17) is 4.74 Å². The molecule has 1 fully saturated rings. The number of pyridine rings is 1. The average Bonchev–Trinajstić information content (AvgIpc) is 3.40. The van der Waals surface area contributed by atoms with E-state index in [1.165, 1.54) is 16.2 Å². The summed E-state index contributed by atoms with van der Waals surface area (Å²) in [6.45, 7) is 4.90. The number of hydrogen-bond acceptors (Lipinski definition) is 6. The van der Waals surface area contributed by atoms with E-state index in [9.17, 15) is 14.7 Å². The van der Waals surface area contributed by atoms with Crippen LogP contribution in [0.3, 0.4) is 0 Å². The number of hydrogen-bond donors (Lipinski definition) is 1. The second-order valence-corrected chi connectivity index (χ2v) is 9.06. The molecule has 2 aromatic heterocycles. The topological polar surface area (TPSA) is 79.7 Å². The third kappa shape index (κ3) is 4.43. The number of carbonyl (C=O) groups excluding carboxylic acids is 2. The van der Waals surface area contributed by atoms with Crippen LogP contribution < -0.4 is 4.74 Å². The molecule has 1 aromatic carbocycles. The van der Waals surface area contributed by atoms with Gasteiger partial charge in [0, 0.05) is 22.8 Å². The molecule has 1 N–H and O–H groups in total. The zero-order valence-corrected chi connectivity index (χ0v) is 18.7. The molecule has 1 saturated heterocycles. The van der Waals surface area contributed by atoms with E-state index in [0.717, 1.165) is 4.88 Å². The van der Waals surface area contributed by atoms with Crippen molar-refractivity contribution < 1.29 is 19.4 Å². The van der Waals surface area contributed by atoms with Gasteiger partial charge < -0.3 is 14.7 Å². The molecule has 1 unspecified atom stereocenters. The number of carbonyl (C=O) groups is 2. The summed E-state index contributed by atoms with van der Waals surface area (Å²) in [6.07, 6.45) is 3.25. The Bertz CT molecular complexity index is 1140. The molecule has 0 aliphatic carbocycles. The number of aromatic nitrogens is 1. The number of thiophene rings is 1. The third-order valence-electron chi connectivity index (χ3n) is 5.14. The molecule has 1 aliphatic heterocycles. The number of rotatable bonds is 7. The number of likely N-dealkylation sites (tertiary alicyclic amines) is 1. The van der Waals surface area contributed by atoms with Crippen molar-refractivity contribution in [2.45, 2.75) is 26.4 Å². The molecule has 1 amide bonds. The second kappa shape index (κ2) is 9.36. The minimum absolute atomic E-state index is 0.0561. The molecule has 0 bridgehead atoms. The maximum absolute atomic E-state index is 13.1. The summed E-state index contributed by atoms with van der Waals surface area (Å²) in [5, 5.41) is 13.1. The molecule has 3 heterocycles. The molecular weight excluding hydrogens is 424 g/mol. The smallest absolute Gasteiger partial charge is 0.295 e. The quantitative estimate of drug-likeness (QED) is 0.319. The van der Waals surface area contributed by atoms with Crippen LogP contribution in [-0.2, 0) is 16.1 Å². The highest BCUT2D eigenvalue weighted by Crippen LogP contribution is 2.40. The summed E-state index contributed by atoms with van der Waals surface area (Å²) in [4.78, 5) is 32.7.